The van der Waals surface area contributed by atoms with Crippen LogP contribution in [0.1, 0.15) is 19.8 Å². The Bertz CT molecular complexity index is 343. The molecule has 0 amide bonds. The minimum atomic E-state index is -3.75. The lowest BCUT2D eigenvalue weighted by atomic mass is 9.92. The molecule has 0 aromatic rings. The van der Waals surface area contributed by atoms with E-state index in [-0.39, 0.29) is 5.97 Å². The van der Waals surface area contributed by atoms with Crippen LogP contribution in [-0.4, -0.2) is 38.4 Å². The van der Waals surface area contributed by atoms with E-state index in [9.17, 15) is 13.2 Å². The van der Waals surface area contributed by atoms with Crippen LogP contribution in [0.5, 0.6) is 0 Å². The Hall–Kier alpha value is -0.330. The van der Waals surface area contributed by atoms with Gasteiger partial charge in [-0.3, -0.25) is 4.79 Å². The summed E-state index contributed by atoms with van der Waals surface area (Å²) in [6, 6.07) is -0.436. The number of methoxy groups -OCH3 is 1. The summed E-state index contributed by atoms with van der Waals surface area (Å²) in [6.07, 6.45) is 1.26. The van der Waals surface area contributed by atoms with Crippen LogP contribution in [0.25, 0.3) is 0 Å². The molecule has 88 valence electrons. The van der Waals surface area contributed by atoms with Crippen molar-refractivity contribution in [2.75, 3.05) is 13.7 Å². The molecular formula is C8H14ClNO4S. The first-order chi connectivity index (χ1) is 6.88. The summed E-state index contributed by atoms with van der Waals surface area (Å²) in [7, 11) is 2.81. The van der Waals surface area contributed by atoms with Gasteiger partial charge in [0.1, 0.15) is 0 Å². The topological polar surface area (TPSA) is 63.7 Å². The van der Waals surface area contributed by atoms with Crippen LogP contribution in [0.2, 0.25) is 0 Å². The van der Waals surface area contributed by atoms with Crippen molar-refractivity contribution in [2.24, 2.45) is 5.92 Å². The van der Waals surface area contributed by atoms with Crippen molar-refractivity contribution >= 4 is 25.9 Å². The Balaban J connectivity index is 2.85. The largest absolute Gasteiger partial charge is 0.469 e. The average Bonchev–Trinajstić information content (AvgIpc) is 2.15. The molecule has 0 saturated carbocycles. The molecule has 0 aromatic carbocycles. The summed E-state index contributed by atoms with van der Waals surface area (Å²) in [6.45, 7) is 2.03. The van der Waals surface area contributed by atoms with Gasteiger partial charge in [-0.15, -0.1) is 0 Å². The first-order valence-corrected chi connectivity index (χ1v) is 6.93. The number of carbonyl (C=O) groups excluding carboxylic acids is 1. The van der Waals surface area contributed by atoms with Crippen LogP contribution in [0.15, 0.2) is 0 Å². The van der Waals surface area contributed by atoms with E-state index in [0.29, 0.717) is 19.4 Å². The zero-order valence-electron chi connectivity index (χ0n) is 8.64. The third kappa shape index (κ3) is 2.83. The third-order valence-corrected chi connectivity index (χ3v) is 4.32. The molecule has 0 radical (unpaired) electrons. The Morgan fingerprint density at radius 3 is 2.60 bits per heavy atom. The molecule has 1 saturated heterocycles. The second-order valence-corrected chi connectivity index (χ2v) is 6.03. The van der Waals surface area contributed by atoms with Crippen LogP contribution in [0, 0.1) is 5.92 Å². The summed E-state index contributed by atoms with van der Waals surface area (Å²) in [5, 5.41) is 0. The molecule has 2 unspecified atom stereocenters. The molecule has 0 spiro atoms. The SMILES string of the molecule is COC(=O)C1CCCN(S(=O)(=O)Cl)C1C. The molecule has 5 nitrogen and oxygen atoms in total. The van der Waals surface area contributed by atoms with Crippen molar-refractivity contribution < 1.29 is 17.9 Å². The van der Waals surface area contributed by atoms with Gasteiger partial charge in [0.15, 0.2) is 0 Å². The molecule has 15 heavy (non-hydrogen) atoms. The lowest BCUT2D eigenvalue weighted by molar-refractivity contribution is -0.148. The summed E-state index contributed by atoms with van der Waals surface area (Å²) in [5.74, 6) is -0.801. The predicted octanol–water partition coefficient (Wildman–Crippen LogP) is 0.744. The molecule has 0 N–H and O–H groups in total. The Kier molecular flexibility index (Phi) is 3.97. The number of hydrogen-bond acceptors (Lipinski definition) is 4. The van der Waals surface area contributed by atoms with Gasteiger partial charge in [-0.2, -0.15) is 12.7 Å². The highest BCUT2D eigenvalue weighted by Gasteiger charge is 2.38. The second kappa shape index (κ2) is 4.67. The van der Waals surface area contributed by atoms with Gasteiger partial charge in [-0.25, -0.2) is 0 Å². The van der Waals surface area contributed by atoms with Gasteiger partial charge in [-0.1, -0.05) is 0 Å². The Labute approximate surface area is 93.9 Å². The number of halogens is 1. The van der Waals surface area contributed by atoms with Crippen LogP contribution in [0.3, 0.4) is 0 Å². The summed E-state index contributed by atoms with van der Waals surface area (Å²) >= 11 is 0. The van der Waals surface area contributed by atoms with Gasteiger partial charge in [-0.05, 0) is 19.8 Å². The van der Waals surface area contributed by atoms with Crippen molar-refractivity contribution in [1.29, 1.82) is 0 Å². The number of ether oxygens (including phenoxy) is 1. The van der Waals surface area contributed by atoms with Crippen molar-refractivity contribution in [1.82, 2.24) is 4.31 Å². The van der Waals surface area contributed by atoms with Gasteiger partial charge in [0.2, 0.25) is 0 Å². The van der Waals surface area contributed by atoms with E-state index in [1.165, 1.54) is 7.11 Å². The lowest BCUT2D eigenvalue weighted by Gasteiger charge is -2.34. The fraction of sp³-hybridized carbons (Fsp3) is 0.875. The number of piperidine rings is 1. The summed E-state index contributed by atoms with van der Waals surface area (Å²) < 4.78 is 28.1. The van der Waals surface area contributed by atoms with Crippen LogP contribution >= 0.6 is 10.7 Å². The maximum Gasteiger partial charge on any atom is 0.310 e. The van der Waals surface area contributed by atoms with Gasteiger partial charge in [0.25, 0.3) is 9.24 Å². The van der Waals surface area contributed by atoms with Crippen molar-refractivity contribution in [3.05, 3.63) is 0 Å². The van der Waals surface area contributed by atoms with Crippen molar-refractivity contribution in [3.63, 3.8) is 0 Å². The molecule has 0 aliphatic carbocycles. The lowest BCUT2D eigenvalue weighted by Crippen LogP contribution is -2.47. The standard InChI is InChI=1S/C8H14ClNO4S/c1-6-7(8(11)14-2)4-3-5-10(6)15(9,12)13/h6-7H,3-5H2,1-2H3. The second-order valence-electron chi connectivity index (χ2n) is 3.57. The molecule has 0 aromatic heterocycles. The molecule has 1 aliphatic rings. The normalized spacial score (nSPS) is 28.7. The fourth-order valence-electron chi connectivity index (χ4n) is 1.89. The number of hydrogen-bond donors (Lipinski definition) is 0. The smallest absolute Gasteiger partial charge is 0.310 e. The van der Waals surface area contributed by atoms with E-state index in [4.69, 9.17) is 10.7 Å². The average molecular weight is 256 g/mol. The predicted molar refractivity (Wildman–Crippen MR) is 55.7 cm³/mol. The van der Waals surface area contributed by atoms with Crippen molar-refractivity contribution in [3.8, 4) is 0 Å². The highest BCUT2D eigenvalue weighted by molar-refractivity contribution is 8.11. The fourth-order valence-corrected chi connectivity index (χ4v) is 3.36. The molecule has 0 bridgehead atoms. The van der Waals surface area contributed by atoms with E-state index in [1.807, 2.05) is 0 Å². The van der Waals surface area contributed by atoms with Crippen LogP contribution in [-0.2, 0) is 18.8 Å². The number of carbonyl (C=O) groups is 1. The van der Waals surface area contributed by atoms with E-state index in [1.54, 1.807) is 6.92 Å². The summed E-state index contributed by atoms with van der Waals surface area (Å²) in [5.41, 5.74) is 0. The molecule has 7 heteroatoms. The molecule has 2 atom stereocenters. The first kappa shape index (κ1) is 12.7. The van der Waals surface area contributed by atoms with Gasteiger partial charge >= 0.3 is 5.97 Å². The van der Waals surface area contributed by atoms with Gasteiger partial charge in [0, 0.05) is 23.3 Å². The highest BCUT2D eigenvalue weighted by atomic mass is 35.7. The van der Waals surface area contributed by atoms with Gasteiger partial charge in [0.05, 0.1) is 13.0 Å². The zero-order valence-corrected chi connectivity index (χ0v) is 10.2. The van der Waals surface area contributed by atoms with E-state index in [0.717, 1.165) is 4.31 Å². The minimum Gasteiger partial charge on any atom is -0.469 e. The Morgan fingerprint density at radius 1 is 1.53 bits per heavy atom. The monoisotopic (exact) mass is 255 g/mol. The maximum atomic E-state index is 11.4. The number of esters is 1. The number of rotatable bonds is 2. The molecule has 1 fully saturated rings. The Morgan fingerprint density at radius 2 is 2.13 bits per heavy atom. The molecular weight excluding hydrogens is 242 g/mol. The van der Waals surface area contributed by atoms with Crippen LogP contribution in [0.4, 0.5) is 0 Å². The van der Waals surface area contributed by atoms with E-state index in [2.05, 4.69) is 4.74 Å². The van der Waals surface area contributed by atoms with Crippen molar-refractivity contribution in [2.45, 2.75) is 25.8 Å². The first-order valence-electron chi connectivity index (χ1n) is 4.67. The van der Waals surface area contributed by atoms with Gasteiger partial charge < -0.3 is 4.74 Å². The zero-order chi connectivity index (χ0) is 11.6. The van der Waals surface area contributed by atoms with E-state index < -0.39 is 21.2 Å². The van der Waals surface area contributed by atoms with E-state index >= 15 is 0 Å². The summed E-state index contributed by atoms with van der Waals surface area (Å²) in [4.78, 5) is 11.4. The quantitative estimate of drug-likeness (QED) is 0.539. The van der Waals surface area contributed by atoms with Crippen LogP contribution < -0.4 is 0 Å². The number of nitrogens with zero attached hydrogens (tertiary/aromatic N) is 1. The maximum absolute atomic E-state index is 11.4. The molecule has 1 rings (SSSR count). The molecule has 1 heterocycles. The molecule has 1 aliphatic heterocycles. The minimum absolute atomic E-state index is 0.362. The highest BCUT2D eigenvalue weighted by Crippen LogP contribution is 2.27. The third-order valence-electron chi connectivity index (χ3n) is 2.71.